The number of hydrogen-bond donors (Lipinski definition) is 2. The van der Waals surface area contributed by atoms with Gasteiger partial charge in [-0.2, -0.15) is 0 Å². The van der Waals surface area contributed by atoms with Crippen LogP contribution in [0.4, 0.5) is 4.39 Å². The number of hydrogen-bond acceptors (Lipinski definition) is 3. The lowest BCUT2D eigenvalue weighted by molar-refractivity contribution is -0.132. The minimum absolute atomic E-state index is 0.179. The summed E-state index contributed by atoms with van der Waals surface area (Å²) in [4.78, 5) is 28.9. The molecule has 2 heterocycles. The molecule has 1 aliphatic heterocycles. The zero-order chi connectivity index (χ0) is 23.8. The summed E-state index contributed by atoms with van der Waals surface area (Å²) >= 11 is 6.33. The molecule has 172 valence electrons. The van der Waals surface area contributed by atoms with Crippen LogP contribution in [0, 0.1) is 5.82 Å². The maximum Gasteiger partial charge on any atom is 0.253 e. The van der Waals surface area contributed by atoms with Crippen LogP contribution in [0.5, 0.6) is 0 Å². The molecule has 2 atom stereocenters. The SMILES string of the molecule is CC(=O)N1NC(c2c(Cc3ccccc3)c3cc(Cl)ccc3[nH]c2=O)CC1c1ccc(F)cc1. The van der Waals surface area contributed by atoms with Gasteiger partial charge in [-0.1, -0.05) is 54.1 Å². The molecule has 1 fully saturated rings. The molecule has 2 unspecified atom stereocenters. The third kappa shape index (κ3) is 4.22. The highest BCUT2D eigenvalue weighted by Crippen LogP contribution is 2.39. The van der Waals surface area contributed by atoms with Crippen LogP contribution in [0.1, 0.15) is 47.7 Å². The van der Waals surface area contributed by atoms with E-state index in [1.165, 1.54) is 24.1 Å². The summed E-state index contributed by atoms with van der Waals surface area (Å²) in [7, 11) is 0. The first-order valence-corrected chi connectivity index (χ1v) is 11.5. The Kier molecular flexibility index (Phi) is 5.94. The predicted octanol–water partition coefficient (Wildman–Crippen LogP) is 5.45. The van der Waals surface area contributed by atoms with Gasteiger partial charge in [0.25, 0.3) is 5.56 Å². The highest BCUT2D eigenvalue weighted by atomic mass is 35.5. The van der Waals surface area contributed by atoms with E-state index in [1.807, 2.05) is 42.5 Å². The van der Waals surface area contributed by atoms with Gasteiger partial charge >= 0.3 is 0 Å². The van der Waals surface area contributed by atoms with Crippen molar-refractivity contribution in [3.05, 3.63) is 116 Å². The largest absolute Gasteiger partial charge is 0.322 e. The molecule has 2 N–H and O–H groups in total. The number of halogens is 2. The minimum atomic E-state index is -0.412. The fourth-order valence-electron chi connectivity index (χ4n) is 4.81. The van der Waals surface area contributed by atoms with E-state index in [0.29, 0.717) is 28.9 Å². The van der Waals surface area contributed by atoms with Gasteiger partial charge in [-0.15, -0.1) is 0 Å². The molecular formula is C27H23ClFN3O2. The van der Waals surface area contributed by atoms with Gasteiger partial charge in [-0.05, 0) is 59.9 Å². The van der Waals surface area contributed by atoms with Crippen LogP contribution in [-0.4, -0.2) is 15.9 Å². The van der Waals surface area contributed by atoms with Crippen molar-refractivity contribution in [1.29, 1.82) is 0 Å². The van der Waals surface area contributed by atoms with Crippen molar-refractivity contribution in [3.63, 3.8) is 0 Å². The second-order valence-corrected chi connectivity index (χ2v) is 9.01. The van der Waals surface area contributed by atoms with Gasteiger partial charge in [0, 0.05) is 28.4 Å². The third-order valence-corrected chi connectivity index (χ3v) is 6.59. The number of carbonyl (C=O) groups excluding carboxylic acids is 1. The molecule has 0 spiro atoms. The highest BCUT2D eigenvalue weighted by molar-refractivity contribution is 6.31. The van der Waals surface area contributed by atoms with Gasteiger partial charge in [0.1, 0.15) is 5.82 Å². The number of carbonyl (C=O) groups is 1. The Morgan fingerprint density at radius 2 is 1.82 bits per heavy atom. The lowest BCUT2D eigenvalue weighted by Gasteiger charge is -2.23. The summed E-state index contributed by atoms with van der Waals surface area (Å²) in [5.74, 6) is -0.518. The maximum absolute atomic E-state index is 13.5. The molecule has 0 bridgehead atoms. The normalized spacial score (nSPS) is 17.9. The number of fused-ring (bicyclic) bond motifs is 1. The monoisotopic (exact) mass is 475 g/mol. The van der Waals surface area contributed by atoms with E-state index >= 15 is 0 Å². The molecular weight excluding hydrogens is 453 g/mol. The summed E-state index contributed by atoms with van der Waals surface area (Å²) in [6.45, 7) is 1.47. The molecule has 0 saturated carbocycles. The average molecular weight is 476 g/mol. The summed E-state index contributed by atoms with van der Waals surface area (Å²) in [6, 6.07) is 20.7. The molecule has 5 rings (SSSR count). The van der Waals surface area contributed by atoms with E-state index in [4.69, 9.17) is 11.6 Å². The molecule has 1 amide bonds. The number of pyridine rings is 1. The van der Waals surface area contributed by atoms with E-state index < -0.39 is 6.04 Å². The minimum Gasteiger partial charge on any atom is -0.322 e. The Hall–Kier alpha value is -3.48. The zero-order valence-electron chi connectivity index (χ0n) is 18.5. The van der Waals surface area contributed by atoms with Crippen molar-refractivity contribution < 1.29 is 9.18 Å². The topological polar surface area (TPSA) is 65.2 Å². The highest BCUT2D eigenvalue weighted by Gasteiger charge is 2.37. The van der Waals surface area contributed by atoms with E-state index in [-0.39, 0.29) is 23.3 Å². The number of H-pyrrole nitrogens is 1. The number of nitrogens with zero attached hydrogens (tertiary/aromatic N) is 1. The van der Waals surface area contributed by atoms with E-state index in [0.717, 1.165) is 22.1 Å². The molecule has 34 heavy (non-hydrogen) atoms. The summed E-state index contributed by atoms with van der Waals surface area (Å²) < 4.78 is 13.5. The molecule has 3 aromatic carbocycles. The van der Waals surface area contributed by atoms with Gasteiger partial charge in [-0.25, -0.2) is 9.82 Å². The first-order chi connectivity index (χ1) is 16.4. The number of rotatable bonds is 4. The fraction of sp³-hybridized carbons (Fsp3) is 0.185. The number of benzene rings is 3. The quantitative estimate of drug-likeness (QED) is 0.412. The molecule has 4 aromatic rings. The average Bonchev–Trinajstić information content (AvgIpc) is 3.26. The molecule has 1 aromatic heterocycles. The van der Waals surface area contributed by atoms with Crippen LogP contribution < -0.4 is 11.0 Å². The van der Waals surface area contributed by atoms with Crippen molar-refractivity contribution in [3.8, 4) is 0 Å². The molecule has 1 saturated heterocycles. The Bertz CT molecular complexity index is 1420. The van der Waals surface area contributed by atoms with Crippen molar-refractivity contribution in [2.75, 3.05) is 0 Å². The number of amides is 1. The van der Waals surface area contributed by atoms with E-state index in [9.17, 15) is 14.0 Å². The van der Waals surface area contributed by atoms with Gasteiger partial charge in [0.15, 0.2) is 0 Å². The maximum atomic E-state index is 13.5. The van der Waals surface area contributed by atoms with E-state index in [1.54, 1.807) is 18.2 Å². The van der Waals surface area contributed by atoms with Crippen molar-refractivity contribution in [2.45, 2.75) is 31.8 Å². The second-order valence-electron chi connectivity index (χ2n) is 8.57. The summed E-state index contributed by atoms with van der Waals surface area (Å²) in [6.07, 6.45) is 1.01. The zero-order valence-corrected chi connectivity index (χ0v) is 19.3. The molecule has 5 nitrogen and oxygen atoms in total. The van der Waals surface area contributed by atoms with Crippen LogP contribution in [0.2, 0.25) is 5.02 Å². The number of hydrazine groups is 1. The number of aromatic amines is 1. The van der Waals surface area contributed by atoms with Gasteiger partial charge in [0.2, 0.25) is 5.91 Å². The smallest absolute Gasteiger partial charge is 0.253 e. The summed E-state index contributed by atoms with van der Waals surface area (Å²) in [5, 5.41) is 2.98. The van der Waals surface area contributed by atoms with Crippen LogP contribution >= 0.6 is 11.6 Å². The van der Waals surface area contributed by atoms with Crippen molar-refractivity contribution in [1.82, 2.24) is 15.4 Å². The number of aromatic nitrogens is 1. The first-order valence-electron chi connectivity index (χ1n) is 11.1. The fourth-order valence-corrected chi connectivity index (χ4v) is 4.98. The Labute approximate surface area is 201 Å². The predicted molar refractivity (Wildman–Crippen MR) is 131 cm³/mol. The standard InChI is InChI=1S/C27H23ClFN3O2/c1-16(33)32-25(18-7-10-20(29)11-8-18)15-24(31-32)26-22(13-17-5-3-2-4-6-17)21-14-19(28)9-12-23(21)30-27(26)34/h2-12,14,24-25,31H,13,15H2,1H3,(H,30,34). The lowest BCUT2D eigenvalue weighted by atomic mass is 9.90. The lowest BCUT2D eigenvalue weighted by Crippen LogP contribution is -2.39. The molecule has 7 heteroatoms. The van der Waals surface area contributed by atoms with Gasteiger partial charge in [-0.3, -0.25) is 14.6 Å². The van der Waals surface area contributed by atoms with Crippen LogP contribution in [0.25, 0.3) is 10.9 Å². The summed E-state index contributed by atoms with van der Waals surface area (Å²) in [5.41, 5.74) is 7.07. The first kappa shape index (κ1) is 22.3. The van der Waals surface area contributed by atoms with Gasteiger partial charge in [0.05, 0.1) is 12.1 Å². The third-order valence-electron chi connectivity index (χ3n) is 6.36. The molecule has 0 aliphatic carbocycles. The molecule has 0 radical (unpaired) electrons. The van der Waals surface area contributed by atoms with Crippen LogP contribution in [0.15, 0.2) is 77.6 Å². The van der Waals surface area contributed by atoms with Gasteiger partial charge < -0.3 is 4.98 Å². The Balaban J connectivity index is 1.64. The second kappa shape index (κ2) is 9.05. The molecule has 1 aliphatic rings. The van der Waals surface area contributed by atoms with E-state index in [2.05, 4.69) is 10.4 Å². The number of nitrogens with one attached hydrogen (secondary N) is 2. The van der Waals surface area contributed by atoms with Crippen molar-refractivity contribution in [2.24, 2.45) is 0 Å². The van der Waals surface area contributed by atoms with Crippen LogP contribution in [0.3, 0.4) is 0 Å². The van der Waals surface area contributed by atoms with Crippen molar-refractivity contribution >= 4 is 28.4 Å². The Morgan fingerprint density at radius 3 is 2.53 bits per heavy atom. The van der Waals surface area contributed by atoms with Crippen LogP contribution in [-0.2, 0) is 11.2 Å². The Morgan fingerprint density at radius 1 is 1.09 bits per heavy atom.